The quantitative estimate of drug-likeness (QED) is 0.823. The summed E-state index contributed by atoms with van der Waals surface area (Å²) in [6.07, 6.45) is 0.421. The van der Waals surface area contributed by atoms with E-state index in [4.69, 9.17) is 10.5 Å². The standard InChI is InChI=1S/C11H12FNO2S/c12-16-9-3-1-7(2-4-9)10-5-8(6-13)15-11(10)14/h1-4,8,10H,5-6,13H2. The lowest BCUT2D eigenvalue weighted by Crippen LogP contribution is -2.18. The molecule has 86 valence electrons. The van der Waals surface area contributed by atoms with Crippen LogP contribution in [-0.2, 0) is 9.53 Å². The molecule has 3 nitrogen and oxygen atoms in total. The van der Waals surface area contributed by atoms with Gasteiger partial charge in [0, 0.05) is 17.9 Å². The summed E-state index contributed by atoms with van der Waals surface area (Å²) in [5, 5.41) is 0. The Morgan fingerprint density at radius 1 is 1.44 bits per heavy atom. The maximum atomic E-state index is 12.2. The van der Waals surface area contributed by atoms with Crippen molar-refractivity contribution in [1.29, 1.82) is 0 Å². The van der Waals surface area contributed by atoms with Gasteiger partial charge in [-0.15, -0.1) is 0 Å². The topological polar surface area (TPSA) is 52.3 Å². The summed E-state index contributed by atoms with van der Waals surface area (Å²) >= 11 is 0.190. The number of nitrogens with two attached hydrogens (primary N) is 1. The summed E-state index contributed by atoms with van der Waals surface area (Å²) in [4.78, 5) is 12.1. The molecule has 1 aliphatic heterocycles. The molecule has 1 aliphatic rings. The Kier molecular flexibility index (Phi) is 3.46. The van der Waals surface area contributed by atoms with Crippen LogP contribution >= 0.6 is 12.1 Å². The van der Waals surface area contributed by atoms with E-state index in [0.717, 1.165) is 5.56 Å². The Labute approximate surface area is 97.4 Å². The Bertz CT molecular complexity index is 382. The zero-order chi connectivity index (χ0) is 11.5. The second-order valence-electron chi connectivity index (χ2n) is 3.73. The van der Waals surface area contributed by atoms with Gasteiger partial charge in [-0.2, -0.15) is 3.89 Å². The van der Waals surface area contributed by atoms with Crippen molar-refractivity contribution < 1.29 is 13.4 Å². The maximum Gasteiger partial charge on any atom is 0.313 e. The Balaban J connectivity index is 2.15. The fraction of sp³-hybridized carbons (Fsp3) is 0.364. The molecule has 0 aromatic heterocycles. The lowest BCUT2D eigenvalue weighted by Gasteiger charge is -2.05. The molecule has 16 heavy (non-hydrogen) atoms. The first-order chi connectivity index (χ1) is 7.74. The van der Waals surface area contributed by atoms with Crippen LogP contribution in [0.1, 0.15) is 17.9 Å². The maximum absolute atomic E-state index is 12.2. The number of ether oxygens (including phenoxy) is 1. The van der Waals surface area contributed by atoms with E-state index in [1.807, 2.05) is 0 Å². The lowest BCUT2D eigenvalue weighted by atomic mass is 9.96. The number of benzene rings is 1. The predicted molar refractivity (Wildman–Crippen MR) is 59.7 cm³/mol. The molecule has 0 bridgehead atoms. The van der Waals surface area contributed by atoms with Crippen molar-refractivity contribution in [3.05, 3.63) is 29.8 Å². The van der Waals surface area contributed by atoms with Crippen LogP contribution in [0.3, 0.4) is 0 Å². The van der Waals surface area contributed by atoms with Crippen LogP contribution in [0.5, 0.6) is 0 Å². The smallest absolute Gasteiger partial charge is 0.313 e. The van der Waals surface area contributed by atoms with Gasteiger partial charge >= 0.3 is 5.97 Å². The number of carbonyl (C=O) groups excluding carboxylic acids is 1. The number of cyclic esters (lactones) is 1. The first-order valence-corrected chi connectivity index (χ1v) is 5.75. The van der Waals surface area contributed by atoms with Gasteiger partial charge in [-0.3, -0.25) is 4.79 Å². The predicted octanol–water partition coefficient (Wildman–Crippen LogP) is 2.02. The molecule has 2 unspecified atom stereocenters. The normalized spacial score (nSPS) is 24.5. The van der Waals surface area contributed by atoms with Gasteiger partial charge in [0.05, 0.1) is 18.1 Å². The third-order valence-corrected chi connectivity index (χ3v) is 3.15. The van der Waals surface area contributed by atoms with E-state index in [9.17, 15) is 8.68 Å². The Morgan fingerprint density at radius 3 is 2.62 bits per heavy atom. The van der Waals surface area contributed by atoms with Gasteiger partial charge < -0.3 is 10.5 Å². The highest BCUT2D eigenvalue weighted by molar-refractivity contribution is 7.94. The van der Waals surface area contributed by atoms with Crippen LogP contribution in [0.15, 0.2) is 29.2 Å². The van der Waals surface area contributed by atoms with Crippen molar-refractivity contribution in [2.24, 2.45) is 5.73 Å². The van der Waals surface area contributed by atoms with Crippen molar-refractivity contribution in [3.8, 4) is 0 Å². The molecule has 5 heteroatoms. The van der Waals surface area contributed by atoms with E-state index < -0.39 is 0 Å². The van der Waals surface area contributed by atoms with Crippen LogP contribution in [0, 0.1) is 0 Å². The molecule has 0 spiro atoms. The van der Waals surface area contributed by atoms with Crippen molar-refractivity contribution >= 4 is 18.1 Å². The SMILES string of the molecule is NCC1CC(c2ccc(SF)cc2)C(=O)O1. The molecule has 2 atom stereocenters. The average molecular weight is 241 g/mol. The number of carbonyl (C=O) groups is 1. The molecule has 1 fully saturated rings. The second kappa shape index (κ2) is 4.84. The molecule has 0 saturated carbocycles. The van der Waals surface area contributed by atoms with Gasteiger partial charge in [0.25, 0.3) is 0 Å². The largest absolute Gasteiger partial charge is 0.461 e. The number of halogens is 1. The monoisotopic (exact) mass is 241 g/mol. The third kappa shape index (κ3) is 2.20. The number of esters is 1. The van der Waals surface area contributed by atoms with Gasteiger partial charge in [0.15, 0.2) is 0 Å². The first kappa shape index (κ1) is 11.4. The van der Waals surface area contributed by atoms with E-state index in [-0.39, 0.29) is 30.1 Å². The van der Waals surface area contributed by atoms with Crippen LogP contribution in [0.25, 0.3) is 0 Å². The zero-order valence-corrected chi connectivity index (χ0v) is 9.37. The summed E-state index contributed by atoms with van der Waals surface area (Å²) in [6, 6.07) is 6.82. The van der Waals surface area contributed by atoms with Gasteiger partial charge in [-0.25, -0.2) is 0 Å². The van der Waals surface area contributed by atoms with Gasteiger partial charge in [0.2, 0.25) is 0 Å². The summed E-state index contributed by atoms with van der Waals surface area (Å²) in [5.41, 5.74) is 6.31. The van der Waals surface area contributed by atoms with Crippen LogP contribution in [-0.4, -0.2) is 18.6 Å². The van der Waals surface area contributed by atoms with Crippen LogP contribution < -0.4 is 5.73 Å². The highest BCUT2D eigenvalue weighted by Crippen LogP contribution is 2.31. The van der Waals surface area contributed by atoms with Crippen LogP contribution in [0.4, 0.5) is 3.89 Å². The van der Waals surface area contributed by atoms with E-state index in [1.165, 1.54) is 0 Å². The number of hydrogen-bond acceptors (Lipinski definition) is 4. The number of hydrogen-bond donors (Lipinski definition) is 1. The summed E-state index contributed by atoms with van der Waals surface area (Å²) in [5.74, 6) is -0.497. The van der Waals surface area contributed by atoms with Crippen LogP contribution in [0.2, 0.25) is 0 Å². The van der Waals surface area contributed by atoms with Crippen molar-refractivity contribution in [3.63, 3.8) is 0 Å². The molecule has 1 aromatic carbocycles. The molecule has 2 rings (SSSR count). The highest BCUT2D eigenvalue weighted by Gasteiger charge is 2.34. The molecule has 1 saturated heterocycles. The minimum Gasteiger partial charge on any atom is -0.461 e. The summed E-state index contributed by atoms with van der Waals surface area (Å²) < 4.78 is 17.3. The van der Waals surface area contributed by atoms with E-state index in [0.29, 0.717) is 17.9 Å². The van der Waals surface area contributed by atoms with E-state index in [2.05, 4.69) is 0 Å². The van der Waals surface area contributed by atoms with Crippen molar-refractivity contribution in [2.75, 3.05) is 6.54 Å². The molecule has 1 heterocycles. The van der Waals surface area contributed by atoms with Gasteiger partial charge in [0.1, 0.15) is 6.10 Å². The Morgan fingerprint density at radius 2 is 2.12 bits per heavy atom. The van der Waals surface area contributed by atoms with Crippen molar-refractivity contribution in [1.82, 2.24) is 0 Å². The minimum absolute atomic E-state index is 0.187. The zero-order valence-electron chi connectivity index (χ0n) is 8.56. The fourth-order valence-electron chi connectivity index (χ4n) is 1.82. The fourth-order valence-corrected chi connectivity index (χ4v) is 2.06. The summed E-state index contributed by atoms with van der Waals surface area (Å²) in [6.45, 7) is 0.348. The van der Waals surface area contributed by atoms with E-state index >= 15 is 0 Å². The molecule has 0 radical (unpaired) electrons. The van der Waals surface area contributed by atoms with Gasteiger partial charge in [-0.1, -0.05) is 12.1 Å². The lowest BCUT2D eigenvalue weighted by molar-refractivity contribution is -0.142. The number of rotatable bonds is 3. The molecule has 0 amide bonds. The van der Waals surface area contributed by atoms with E-state index in [1.54, 1.807) is 24.3 Å². The minimum atomic E-state index is -0.257. The molecule has 2 N–H and O–H groups in total. The molecule has 0 aliphatic carbocycles. The molecular weight excluding hydrogens is 229 g/mol. The Hall–Kier alpha value is -1.07. The van der Waals surface area contributed by atoms with Gasteiger partial charge in [-0.05, 0) is 17.7 Å². The second-order valence-corrected chi connectivity index (χ2v) is 4.35. The van der Waals surface area contributed by atoms with Crippen molar-refractivity contribution in [2.45, 2.75) is 23.3 Å². The third-order valence-electron chi connectivity index (χ3n) is 2.70. The average Bonchev–Trinajstić information content (AvgIpc) is 2.71. The first-order valence-electron chi connectivity index (χ1n) is 5.03. The highest BCUT2D eigenvalue weighted by atomic mass is 32.2. The summed E-state index contributed by atoms with van der Waals surface area (Å²) in [7, 11) is 0. The molecule has 1 aromatic rings. The molecular formula is C11H12FNO2S.